The number of hydrogen-bond acceptors (Lipinski definition) is 7. The van der Waals surface area contributed by atoms with Crippen molar-refractivity contribution in [3.05, 3.63) is 82.4 Å². The number of rotatable bonds is 7. The molecule has 0 amide bonds. The Morgan fingerprint density at radius 2 is 1.45 bits per heavy atom. The number of hydrogen-bond donors (Lipinski definition) is 5. The Balaban J connectivity index is 1.94. The molecule has 0 radical (unpaired) electrons. The zero-order chi connectivity index (χ0) is 24.1. The molecule has 0 aromatic heterocycles. The molecule has 0 unspecified atom stereocenters. The SMILES string of the molecule is O=C(O)c1cccc(/C=C/c2ccc(N=Nc3c(O)cc(O)cc3C(=O)O)cc2C(=O)O)c1. The first-order valence-electron chi connectivity index (χ1n) is 9.25. The third-order valence-electron chi connectivity index (χ3n) is 4.43. The van der Waals surface area contributed by atoms with Gasteiger partial charge in [-0.3, -0.25) is 0 Å². The van der Waals surface area contributed by atoms with E-state index < -0.39 is 40.7 Å². The summed E-state index contributed by atoms with van der Waals surface area (Å²) in [6.45, 7) is 0. The van der Waals surface area contributed by atoms with Crippen molar-refractivity contribution in [2.45, 2.75) is 0 Å². The second-order valence-corrected chi connectivity index (χ2v) is 6.71. The standard InChI is InChI=1S/C23H16N2O8/c26-16-10-18(23(32)33)20(19(27)11-16)25-24-15-7-6-13(17(9-15)22(30)31)5-4-12-2-1-3-14(8-12)21(28)29/h1-11,26-27H,(H,28,29)(H,30,31)(H,32,33)/b5-4+,25-24?. The van der Waals surface area contributed by atoms with Gasteiger partial charge in [0.1, 0.15) is 17.2 Å². The van der Waals surface area contributed by atoms with Gasteiger partial charge in [0, 0.05) is 6.07 Å². The minimum absolute atomic E-state index is 0.0706. The van der Waals surface area contributed by atoms with E-state index in [1.165, 1.54) is 36.4 Å². The van der Waals surface area contributed by atoms with Crippen LogP contribution in [-0.2, 0) is 0 Å². The number of carboxylic acids is 3. The summed E-state index contributed by atoms with van der Waals surface area (Å²) in [5.41, 5.74) is -0.00602. The van der Waals surface area contributed by atoms with E-state index in [1.807, 2.05) is 0 Å². The van der Waals surface area contributed by atoms with E-state index in [0.717, 1.165) is 12.1 Å². The quantitative estimate of drug-likeness (QED) is 0.253. The number of azo groups is 1. The third kappa shape index (κ3) is 5.39. The third-order valence-corrected chi connectivity index (χ3v) is 4.43. The number of aromatic hydroxyl groups is 2. The van der Waals surface area contributed by atoms with Gasteiger partial charge in [-0.25, -0.2) is 14.4 Å². The maximum absolute atomic E-state index is 11.7. The van der Waals surface area contributed by atoms with Crippen LogP contribution >= 0.6 is 0 Å². The summed E-state index contributed by atoms with van der Waals surface area (Å²) in [5.74, 6) is -4.88. The molecule has 0 saturated carbocycles. The van der Waals surface area contributed by atoms with E-state index in [0.29, 0.717) is 11.1 Å². The van der Waals surface area contributed by atoms with Gasteiger partial charge in [-0.2, -0.15) is 5.11 Å². The van der Waals surface area contributed by atoms with Crippen LogP contribution in [0, 0.1) is 0 Å². The maximum Gasteiger partial charge on any atom is 0.338 e. The molecule has 0 heterocycles. The minimum Gasteiger partial charge on any atom is -0.508 e. The molecule has 5 N–H and O–H groups in total. The Hall–Kier alpha value is -4.99. The second-order valence-electron chi connectivity index (χ2n) is 6.71. The van der Waals surface area contributed by atoms with Crippen molar-refractivity contribution in [2.24, 2.45) is 10.2 Å². The van der Waals surface area contributed by atoms with Crippen LogP contribution < -0.4 is 0 Å². The van der Waals surface area contributed by atoms with Crippen LogP contribution in [0.4, 0.5) is 11.4 Å². The van der Waals surface area contributed by atoms with E-state index in [9.17, 15) is 34.8 Å². The van der Waals surface area contributed by atoms with Crippen LogP contribution in [0.3, 0.4) is 0 Å². The van der Waals surface area contributed by atoms with Crippen LogP contribution in [0.1, 0.15) is 42.2 Å². The fourth-order valence-electron chi connectivity index (χ4n) is 2.88. The Bertz CT molecular complexity index is 1330. The minimum atomic E-state index is -1.45. The average Bonchev–Trinajstić information content (AvgIpc) is 2.76. The number of carbonyl (C=O) groups is 3. The lowest BCUT2D eigenvalue weighted by molar-refractivity contribution is 0.0686. The first-order chi connectivity index (χ1) is 15.7. The predicted molar refractivity (Wildman–Crippen MR) is 117 cm³/mol. The highest BCUT2D eigenvalue weighted by atomic mass is 16.4. The highest BCUT2D eigenvalue weighted by molar-refractivity contribution is 5.96. The average molecular weight is 448 g/mol. The van der Waals surface area contributed by atoms with Gasteiger partial charge in [0.25, 0.3) is 0 Å². The summed E-state index contributed by atoms with van der Waals surface area (Å²) in [6.07, 6.45) is 3.06. The monoisotopic (exact) mass is 448 g/mol. The van der Waals surface area contributed by atoms with E-state index in [2.05, 4.69) is 10.2 Å². The van der Waals surface area contributed by atoms with Crippen LogP contribution in [-0.4, -0.2) is 43.4 Å². The predicted octanol–water partition coefficient (Wildman–Crippen LogP) is 4.78. The Morgan fingerprint density at radius 1 is 0.727 bits per heavy atom. The highest BCUT2D eigenvalue weighted by Gasteiger charge is 2.16. The number of phenols is 2. The lowest BCUT2D eigenvalue weighted by Crippen LogP contribution is -1.99. The molecular formula is C23H16N2O8. The molecule has 3 aromatic rings. The smallest absolute Gasteiger partial charge is 0.338 e. The van der Waals surface area contributed by atoms with Crippen molar-refractivity contribution in [3.63, 3.8) is 0 Å². The van der Waals surface area contributed by atoms with Crippen LogP contribution in [0.5, 0.6) is 11.5 Å². The molecule has 0 saturated heterocycles. The fourth-order valence-corrected chi connectivity index (χ4v) is 2.88. The van der Waals surface area contributed by atoms with E-state index in [-0.39, 0.29) is 16.8 Å². The summed E-state index contributed by atoms with van der Waals surface area (Å²) >= 11 is 0. The molecular weight excluding hydrogens is 432 g/mol. The first kappa shape index (κ1) is 22.7. The fraction of sp³-hybridized carbons (Fsp3) is 0. The van der Waals surface area contributed by atoms with Crippen LogP contribution in [0.25, 0.3) is 12.2 Å². The Labute approximate surface area is 186 Å². The molecule has 0 spiro atoms. The van der Waals surface area contributed by atoms with Crippen molar-refractivity contribution >= 4 is 41.4 Å². The van der Waals surface area contributed by atoms with Crippen molar-refractivity contribution in [1.82, 2.24) is 0 Å². The van der Waals surface area contributed by atoms with Gasteiger partial charge in [0.15, 0.2) is 0 Å². The molecule has 166 valence electrons. The first-order valence-corrected chi connectivity index (χ1v) is 9.25. The number of aromatic carboxylic acids is 3. The van der Waals surface area contributed by atoms with Crippen molar-refractivity contribution < 1.29 is 39.9 Å². The molecule has 10 nitrogen and oxygen atoms in total. The van der Waals surface area contributed by atoms with Gasteiger partial charge in [-0.1, -0.05) is 30.4 Å². The van der Waals surface area contributed by atoms with Gasteiger partial charge in [-0.05, 0) is 41.5 Å². The molecule has 0 atom stereocenters. The summed E-state index contributed by atoms with van der Waals surface area (Å²) in [6, 6.07) is 12.0. The summed E-state index contributed by atoms with van der Waals surface area (Å²) in [4.78, 5) is 34.1. The lowest BCUT2D eigenvalue weighted by atomic mass is 10.0. The van der Waals surface area contributed by atoms with Gasteiger partial charge < -0.3 is 25.5 Å². The molecule has 0 aliphatic heterocycles. The van der Waals surface area contributed by atoms with Crippen LogP contribution in [0.15, 0.2) is 64.8 Å². The summed E-state index contributed by atoms with van der Waals surface area (Å²) < 4.78 is 0. The zero-order valence-electron chi connectivity index (χ0n) is 16.7. The lowest BCUT2D eigenvalue weighted by Gasteiger charge is -2.05. The molecule has 3 rings (SSSR count). The van der Waals surface area contributed by atoms with E-state index >= 15 is 0 Å². The number of nitrogens with zero attached hydrogens (tertiary/aromatic N) is 2. The maximum atomic E-state index is 11.7. The summed E-state index contributed by atoms with van der Waals surface area (Å²) in [5, 5.41) is 54.7. The van der Waals surface area contributed by atoms with Gasteiger partial charge in [0.05, 0.1) is 22.4 Å². The van der Waals surface area contributed by atoms with Gasteiger partial charge in [-0.15, -0.1) is 5.11 Å². The van der Waals surface area contributed by atoms with Gasteiger partial charge in [0.2, 0.25) is 0 Å². The van der Waals surface area contributed by atoms with E-state index in [4.69, 9.17) is 5.11 Å². The molecule has 0 fully saturated rings. The zero-order valence-corrected chi connectivity index (χ0v) is 16.7. The van der Waals surface area contributed by atoms with Crippen LogP contribution in [0.2, 0.25) is 0 Å². The molecule has 10 heteroatoms. The Kier molecular flexibility index (Phi) is 6.49. The molecule has 0 aliphatic rings. The Morgan fingerprint density at radius 3 is 2.12 bits per heavy atom. The topological polar surface area (TPSA) is 177 Å². The highest BCUT2D eigenvalue weighted by Crippen LogP contribution is 2.36. The van der Waals surface area contributed by atoms with Gasteiger partial charge >= 0.3 is 17.9 Å². The number of carboxylic acid groups (broad SMARTS) is 3. The number of benzene rings is 3. The summed E-state index contributed by atoms with van der Waals surface area (Å²) in [7, 11) is 0. The van der Waals surface area contributed by atoms with Crippen molar-refractivity contribution in [2.75, 3.05) is 0 Å². The molecule has 0 bridgehead atoms. The second kappa shape index (κ2) is 9.43. The molecule has 33 heavy (non-hydrogen) atoms. The largest absolute Gasteiger partial charge is 0.508 e. The molecule has 0 aliphatic carbocycles. The van der Waals surface area contributed by atoms with E-state index in [1.54, 1.807) is 18.2 Å². The van der Waals surface area contributed by atoms with Crippen molar-refractivity contribution in [1.29, 1.82) is 0 Å². The number of phenolic OH excluding ortho intramolecular Hbond substituents is 2. The normalized spacial score (nSPS) is 11.2. The molecule has 3 aromatic carbocycles. The van der Waals surface area contributed by atoms with Crippen molar-refractivity contribution in [3.8, 4) is 11.5 Å².